The molecule has 0 spiro atoms. The summed E-state index contributed by atoms with van der Waals surface area (Å²) in [4.78, 5) is 0. The van der Waals surface area contributed by atoms with Crippen molar-refractivity contribution in [1.29, 1.82) is 0 Å². The molecular weight excluding hydrogens is 656 g/mol. The van der Waals surface area contributed by atoms with Crippen LogP contribution in [-0.2, 0) is 0 Å². The van der Waals surface area contributed by atoms with Crippen LogP contribution in [0.1, 0.15) is 84.5 Å². The van der Waals surface area contributed by atoms with E-state index in [0.717, 1.165) is 12.8 Å². The third-order valence-electron chi connectivity index (χ3n) is 6.59. The zero-order chi connectivity index (χ0) is 34.8. The lowest BCUT2D eigenvalue weighted by molar-refractivity contribution is -0.469. The normalized spacial score (nSPS) is 15.8. The summed E-state index contributed by atoms with van der Waals surface area (Å²) in [5.74, 6) is -80.8. The van der Waals surface area contributed by atoms with E-state index in [1.807, 2.05) is 6.92 Å². The molecule has 0 heterocycles. The van der Waals surface area contributed by atoms with Gasteiger partial charge in [0.2, 0.25) is 0 Å². The maximum atomic E-state index is 14.0. The zero-order valence-electron chi connectivity index (χ0n) is 22.3. The molecule has 43 heavy (non-hydrogen) atoms. The summed E-state index contributed by atoms with van der Waals surface area (Å²) in [6.07, 6.45) is -4.81. The van der Waals surface area contributed by atoms with Crippen LogP contribution >= 0.6 is 0 Å². The Balaban J connectivity index is 6.43. The third-order valence-corrected chi connectivity index (χ3v) is 6.59. The van der Waals surface area contributed by atoms with Crippen LogP contribution in [0.2, 0.25) is 0 Å². The fraction of sp³-hybridized carbons (Fsp3) is 1.00. The third kappa shape index (κ3) is 6.76. The Labute approximate surface area is 232 Å². The number of hydrogen-bond acceptors (Lipinski definition) is 0. The first-order valence-electron chi connectivity index (χ1n) is 12.7. The van der Waals surface area contributed by atoms with Crippen LogP contribution in [0.5, 0.6) is 0 Å². The van der Waals surface area contributed by atoms with Gasteiger partial charge in [0.15, 0.2) is 0 Å². The largest absolute Gasteiger partial charge is 0.385 e. The standard InChI is InChI=1S/C23H28F20/c1-3-5-6-7-8-9-10-11-13-15(26,27)17(30,31)19(34,35)21(38,39)23(42,43)22(40,41)20(36,37)18(32,33)16(28,29)14(24,25)12-4-2/h3-13H2,1-2H3. The van der Waals surface area contributed by atoms with E-state index in [-0.39, 0.29) is 6.42 Å². The average molecular weight is 684 g/mol. The first-order valence-corrected chi connectivity index (χ1v) is 12.7. The van der Waals surface area contributed by atoms with Crippen LogP contribution in [0.3, 0.4) is 0 Å². The van der Waals surface area contributed by atoms with Crippen LogP contribution < -0.4 is 0 Å². The van der Waals surface area contributed by atoms with Crippen LogP contribution in [0.25, 0.3) is 0 Å². The van der Waals surface area contributed by atoms with Gasteiger partial charge in [0.05, 0.1) is 0 Å². The van der Waals surface area contributed by atoms with Gasteiger partial charge in [0.1, 0.15) is 0 Å². The van der Waals surface area contributed by atoms with E-state index in [4.69, 9.17) is 0 Å². The molecule has 0 aliphatic carbocycles. The Morgan fingerprint density at radius 3 is 0.767 bits per heavy atom. The van der Waals surface area contributed by atoms with E-state index in [2.05, 4.69) is 0 Å². The molecule has 0 N–H and O–H groups in total. The summed E-state index contributed by atoms with van der Waals surface area (Å²) >= 11 is 0. The minimum Gasteiger partial charge on any atom is -0.200 e. The van der Waals surface area contributed by atoms with Crippen LogP contribution in [0.15, 0.2) is 0 Å². The fourth-order valence-corrected chi connectivity index (χ4v) is 3.75. The number of hydrogen-bond donors (Lipinski definition) is 0. The van der Waals surface area contributed by atoms with E-state index in [1.54, 1.807) is 0 Å². The number of halogens is 20. The molecule has 0 bridgehead atoms. The molecule has 0 rings (SSSR count). The molecule has 0 aromatic heterocycles. The predicted octanol–water partition coefficient (Wildman–Crippen LogP) is 11.7. The molecule has 0 atom stereocenters. The van der Waals surface area contributed by atoms with Crippen molar-refractivity contribution in [1.82, 2.24) is 0 Å². The maximum absolute atomic E-state index is 14.0. The van der Waals surface area contributed by atoms with Crippen molar-refractivity contribution < 1.29 is 87.8 Å². The molecule has 0 aliphatic heterocycles. The predicted molar refractivity (Wildman–Crippen MR) is 112 cm³/mol. The molecular formula is C23H28F20. The van der Waals surface area contributed by atoms with Gasteiger partial charge < -0.3 is 0 Å². The minimum atomic E-state index is -8.97. The molecule has 0 aliphatic rings. The molecule has 0 saturated heterocycles. The summed E-state index contributed by atoms with van der Waals surface area (Å²) in [6.45, 7) is 2.35. The topological polar surface area (TPSA) is 0 Å². The summed E-state index contributed by atoms with van der Waals surface area (Å²) in [5, 5.41) is 0. The average Bonchev–Trinajstić information content (AvgIpc) is 2.84. The smallest absolute Gasteiger partial charge is 0.200 e. The molecule has 260 valence electrons. The molecule has 0 unspecified atom stereocenters. The van der Waals surface area contributed by atoms with Crippen molar-refractivity contribution in [3.63, 3.8) is 0 Å². The number of unbranched alkanes of at least 4 members (excludes halogenated alkanes) is 7. The molecule has 0 fully saturated rings. The summed E-state index contributed by atoms with van der Waals surface area (Å²) in [5.41, 5.74) is 0. The van der Waals surface area contributed by atoms with Gasteiger partial charge in [-0.3, -0.25) is 0 Å². The van der Waals surface area contributed by atoms with Crippen LogP contribution in [0.4, 0.5) is 87.8 Å². The highest BCUT2D eigenvalue weighted by Crippen LogP contribution is 2.66. The van der Waals surface area contributed by atoms with Gasteiger partial charge in [-0.2, -0.15) is 87.8 Å². The van der Waals surface area contributed by atoms with Gasteiger partial charge in [0, 0.05) is 12.8 Å². The van der Waals surface area contributed by atoms with E-state index in [1.165, 1.54) is 0 Å². The van der Waals surface area contributed by atoms with Crippen molar-refractivity contribution in [2.24, 2.45) is 0 Å². The molecule has 0 saturated carbocycles. The minimum absolute atomic E-state index is 0.00738. The van der Waals surface area contributed by atoms with E-state index in [9.17, 15) is 87.8 Å². The van der Waals surface area contributed by atoms with Crippen LogP contribution in [0, 0.1) is 0 Å². The Hall–Kier alpha value is -1.40. The highest BCUT2D eigenvalue weighted by atomic mass is 19.4. The Morgan fingerprint density at radius 2 is 0.488 bits per heavy atom. The second-order valence-electron chi connectivity index (χ2n) is 9.98. The Bertz CT molecular complexity index is 876. The molecule has 20 heteroatoms. The Morgan fingerprint density at radius 1 is 0.256 bits per heavy atom. The maximum Gasteiger partial charge on any atom is 0.385 e. The van der Waals surface area contributed by atoms with Crippen molar-refractivity contribution >= 4 is 0 Å². The van der Waals surface area contributed by atoms with Gasteiger partial charge >= 0.3 is 59.2 Å². The molecule has 0 amide bonds. The van der Waals surface area contributed by atoms with Gasteiger partial charge in [0.25, 0.3) is 0 Å². The van der Waals surface area contributed by atoms with Gasteiger partial charge in [-0.05, 0) is 6.42 Å². The number of alkyl halides is 20. The lowest BCUT2D eigenvalue weighted by Crippen LogP contribution is -2.77. The van der Waals surface area contributed by atoms with Crippen LogP contribution in [-0.4, -0.2) is 59.2 Å². The van der Waals surface area contributed by atoms with E-state index in [0.29, 0.717) is 26.2 Å². The second kappa shape index (κ2) is 13.1. The SMILES string of the molecule is CCCCCCCCCCC(F)(F)C(F)(F)C(F)(F)C(F)(F)C(F)(F)C(F)(F)C(F)(F)C(F)(F)C(F)(F)C(F)(F)CCC. The van der Waals surface area contributed by atoms with Gasteiger partial charge in [-0.1, -0.05) is 65.2 Å². The highest BCUT2D eigenvalue weighted by molar-refractivity contribution is 5.18. The van der Waals surface area contributed by atoms with Crippen molar-refractivity contribution in [3.8, 4) is 0 Å². The molecule has 0 aromatic rings. The number of rotatable bonds is 20. The van der Waals surface area contributed by atoms with E-state index < -0.39 is 91.3 Å². The molecule has 0 radical (unpaired) electrons. The monoisotopic (exact) mass is 684 g/mol. The first kappa shape index (κ1) is 41.6. The first-order chi connectivity index (χ1) is 18.9. The summed E-state index contributed by atoms with van der Waals surface area (Å²) in [7, 11) is 0. The summed E-state index contributed by atoms with van der Waals surface area (Å²) in [6, 6.07) is 0. The molecule has 0 nitrogen and oxygen atoms in total. The fourth-order valence-electron chi connectivity index (χ4n) is 3.75. The highest BCUT2D eigenvalue weighted by Gasteiger charge is 2.97. The van der Waals surface area contributed by atoms with Crippen molar-refractivity contribution in [2.45, 2.75) is 144 Å². The lowest BCUT2D eigenvalue weighted by Gasteiger charge is -2.45. The van der Waals surface area contributed by atoms with Crippen molar-refractivity contribution in [2.75, 3.05) is 0 Å². The Kier molecular flexibility index (Phi) is 12.7. The van der Waals surface area contributed by atoms with Gasteiger partial charge in [-0.15, -0.1) is 0 Å². The zero-order valence-corrected chi connectivity index (χ0v) is 22.3. The van der Waals surface area contributed by atoms with E-state index >= 15 is 0 Å². The quantitative estimate of drug-likeness (QED) is 0.0885. The lowest BCUT2D eigenvalue weighted by atomic mass is 9.84. The summed E-state index contributed by atoms with van der Waals surface area (Å²) < 4.78 is 276. The second-order valence-corrected chi connectivity index (χ2v) is 9.98. The van der Waals surface area contributed by atoms with Crippen molar-refractivity contribution in [3.05, 3.63) is 0 Å². The molecule has 0 aromatic carbocycles. The van der Waals surface area contributed by atoms with Gasteiger partial charge in [-0.25, -0.2) is 0 Å².